The zero-order chi connectivity index (χ0) is 20.8. The predicted octanol–water partition coefficient (Wildman–Crippen LogP) is 1.32. The van der Waals surface area contributed by atoms with Gasteiger partial charge in [-0.15, -0.1) is 0 Å². The van der Waals surface area contributed by atoms with Gasteiger partial charge in [0.05, 0.1) is 11.8 Å². The quantitative estimate of drug-likeness (QED) is 0.747. The molecular formula is C21H25N5O3. The van der Waals surface area contributed by atoms with Crippen LogP contribution in [0.2, 0.25) is 0 Å². The normalized spacial score (nSPS) is 15.1. The van der Waals surface area contributed by atoms with E-state index in [0.717, 1.165) is 5.56 Å². The van der Waals surface area contributed by atoms with Crippen LogP contribution in [0, 0.1) is 0 Å². The number of nitrogens with one attached hydrogen (secondary N) is 2. The second-order valence-corrected chi connectivity index (χ2v) is 7.09. The minimum Gasteiger partial charge on any atom is -0.349 e. The van der Waals surface area contributed by atoms with Gasteiger partial charge in [0.2, 0.25) is 5.91 Å². The van der Waals surface area contributed by atoms with Crippen molar-refractivity contribution in [1.82, 2.24) is 25.3 Å². The summed E-state index contributed by atoms with van der Waals surface area (Å²) in [6, 6.07) is 9.37. The minimum absolute atomic E-state index is 0.00549. The highest BCUT2D eigenvalue weighted by atomic mass is 16.2. The van der Waals surface area contributed by atoms with Gasteiger partial charge in [-0.3, -0.25) is 19.1 Å². The lowest BCUT2D eigenvalue weighted by Crippen LogP contribution is -2.48. The smallest absolute Gasteiger partial charge is 0.270 e. The van der Waals surface area contributed by atoms with Crippen LogP contribution in [0.4, 0.5) is 0 Å². The number of benzene rings is 1. The Morgan fingerprint density at radius 1 is 1.14 bits per heavy atom. The first-order chi connectivity index (χ1) is 13.9. The first kappa shape index (κ1) is 20.3. The number of likely N-dealkylation sites (tertiary alicyclic amines) is 1. The fourth-order valence-electron chi connectivity index (χ4n) is 3.26. The predicted molar refractivity (Wildman–Crippen MR) is 109 cm³/mol. The number of piperidine rings is 1. The molecule has 2 aromatic rings. The van der Waals surface area contributed by atoms with Crippen LogP contribution in [0.15, 0.2) is 48.4 Å². The summed E-state index contributed by atoms with van der Waals surface area (Å²) in [7, 11) is 1.76. The van der Waals surface area contributed by atoms with Gasteiger partial charge in [-0.25, -0.2) is 0 Å². The maximum atomic E-state index is 12.9. The molecule has 3 amide bonds. The average molecular weight is 395 g/mol. The number of amides is 3. The number of hydrogen-bond acceptors (Lipinski definition) is 4. The molecule has 0 unspecified atom stereocenters. The highest BCUT2D eigenvalue weighted by Gasteiger charge is 2.26. The lowest BCUT2D eigenvalue weighted by atomic mass is 10.0. The summed E-state index contributed by atoms with van der Waals surface area (Å²) in [5.74, 6) is -0.675. The molecule has 3 rings (SSSR count). The van der Waals surface area contributed by atoms with Gasteiger partial charge in [-0.1, -0.05) is 30.3 Å². The molecule has 1 saturated heterocycles. The molecule has 1 aromatic heterocycles. The van der Waals surface area contributed by atoms with E-state index in [9.17, 15) is 14.4 Å². The van der Waals surface area contributed by atoms with Crippen molar-refractivity contribution >= 4 is 23.8 Å². The summed E-state index contributed by atoms with van der Waals surface area (Å²) >= 11 is 0. The highest BCUT2D eigenvalue weighted by Crippen LogP contribution is 2.15. The molecule has 8 nitrogen and oxygen atoms in total. The lowest BCUT2D eigenvalue weighted by molar-refractivity contribution is -0.130. The van der Waals surface area contributed by atoms with Crippen molar-refractivity contribution in [3.05, 3.63) is 59.5 Å². The molecule has 0 spiro atoms. The van der Waals surface area contributed by atoms with Gasteiger partial charge >= 0.3 is 0 Å². The third-order valence-corrected chi connectivity index (χ3v) is 4.74. The Morgan fingerprint density at radius 3 is 2.41 bits per heavy atom. The Morgan fingerprint density at radius 2 is 1.83 bits per heavy atom. The van der Waals surface area contributed by atoms with Crippen molar-refractivity contribution in [2.45, 2.75) is 25.8 Å². The summed E-state index contributed by atoms with van der Waals surface area (Å²) < 4.78 is 1.58. The second-order valence-electron chi connectivity index (χ2n) is 7.09. The number of rotatable bonds is 5. The van der Waals surface area contributed by atoms with E-state index >= 15 is 0 Å². The van der Waals surface area contributed by atoms with Crippen molar-refractivity contribution < 1.29 is 14.4 Å². The van der Waals surface area contributed by atoms with Crippen LogP contribution < -0.4 is 10.6 Å². The Labute approximate surface area is 169 Å². The highest BCUT2D eigenvalue weighted by molar-refractivity contribution is 6.01. The van der Waals surface area contributed by atoms with E-state index in [-0.39, 0.29) is 29.5 Å². The maximum absolute atomic E-state index is 12.9. The number of carbonyl (C=O) groups is 3. The fraction of sp³-hybridized carbons (Fsp3) is 0.333. The zero-order valence-electron chi connectivity index (χ0n) is 16.6. The molecule has 29 heavy (non-hydrogen) atoms. The van der Waals surface area contributed by atoms with Gasteiger partial charge in [-0.05, 0) is 24.5 Å². The Kier molecular flexibility index (Phi) is 6.43. The van der Waals surface area contributed by atoms with E-state index in [0.29, 0.717) is 31.5 Å². The van der Waals surface area contributed by atoms with Crippen molar-refractivity contribution in [3.8, 4) is 0 Å². The molecule has 0 aliphatic carbocycles. The SMILES string of the molecule is CC(=O)N/C(=C\c1ccccc1)C(=O)N1CCC(NC(=O)c2cnn(C)c2)CC1. The molecule has 1 aromatic carbocycles. The lowest BCUT2D eigenvalue weighted by Gasteiger charge is -2.32. The summed E-state index contributed by atoms with van der Waals surface area (Å²) in [5, 5.41) is 9.64. The zero-order valence-corrected chi connectivity index (χ0v) is 16.6. The molecule has 1 aliphatic rings. The molecule has 8 heteroatoms. The van der Waals surface area contributed by atoms with Gasteiger partial charge in [0.15, 0.2) is 0 Å². The minimum atomic E-state index is -0.292. The molecule has 0 saturated carbocycles. The van der Waals surface area contributed by atoms with E-state index < -0.39 is 0 Å². The van der Waals surface area contributed by atoms with Crippen molar-refractivity contribution in [1.29, 1.82) is 0 Å². The van der Waals surface area contributed by atoms with Gasteiger partial charge in [0.25, 0.3) is 11.8 Å². The molecule has 2 heterocycles. The first-order valence-corrected chi connectivity index (χ1v) is 9.55. The number of aryl methyl sites for hydroxylation is 1. The van der Waals surface area contributed by atoms with Crippen LogP contribution in [0.25, 0.3) is 6.08 Å². The van der Waals surface area contributed by atoms with Gasteiger partial charge in [0, 0.05) is 39.3 Å². The van der Waals surface area contributed by atoms with Crippen molar-refractivity contribution in [2.75, 3.05) is 13.1 Å². The van der Waals surface area contributed by atoms with E-state index in [1.807, 2.05) is 30.3 Å². The molecule has 0 atom stereocenters. The van der Waals surface area contributed by atoms with E-state index in [4.69, 9.17) is 0 Å². The summed E-state index contributed by atoms with van der Waals surface area (Å²) in [4.78, 5) is 38.5. The van der Waals surface area contributed by atoms with Gasteiger partial charge < -0.3 is 15.5 Å². The van der Waals surface area contributed by atoms with E-state index in [1.165, 1.54) is 13.1 Å². The molecule has 1 fully saturated rings. The van der Waals surface area contributed by atoms with Crippen LogP contribution in [-0.2, 0) is 16.6 Å². The number of carbonyl (C=O) groups excluding carboxylic acids is 3. The van der Waals surface area contributed by atoms with Crippen LogP contribution in [0.1, 0.15) is 35.7 Å². The Bertz CT molecular complexity index is 911. The summed E-state index contributed by atoms with van der Waals surface area (Å²) in [6.07, 6.45) is 6.18. The topological polar surface area (TPSA) is 96.3 Å². The largest absolute Gasteiger partial charge is 0.349 e. The molecule has 0 bridgehead atoms. The second kappa shape index (κ2) is 9.18. The number of hydrogen-bond donors (Lipinski definition) is 2. The van der Waals surface area contributed by atoms with Crippen LogP contribution in [0.3, 0.4) is 0 Å². The van der Waals surface area contributed by atoms with E-state index in [1.54, 1.807) is 28.9 Å². The molecule has 152 valence electrons. The van der Waals surface area contributed by atoms with Crippen molar-refractivity contribution in [3.63, 3.8) is 0 Å². The van der Waals surface area contributed by atoms with Gasteiger partial charge in [-0.2, -0.15) is 5.10 Å². The fourth-order valence-corrected chi connectivity index (χ4v) is 3.26. The molecule has 0 radical (unpaired) electrons. The summed E-state index contributed by atoms with van der Waals surface area (Å²) in [6.45, 7) is 2.39. The standard InChI is InChI=1S/C21H25N5O3/c1-15(27)23-19(12-16-6-4-3-5-7-16)21(29)26-10-8-18(9-11-26)24-20(28)17-13-22-25(2)14-17/h3-7,12-14,18H,8-11H2,1-2H3,(H,23,27)(H,24,28)/b19-12-. The monoisotopic (exact) mass is 395 g/mol. The van der Waals surface area contributed by atoms with E-state index in [2.05, 4.69) is 15.7 Å². The average Bonchev–Trinajstić information content (AvgIpc) is 3.14. The van der Waals surface area contributed by atoms with Crippen LogP contribution in [-0.4, -0.2) is 51.5 Å². The van der Waals surface area contributed by atoms with Crippen molar-refractivity contribution in [2.24, 2.45) is 7.05 Å². The van der Waals surface area contributed by atoms with Gasteiger partial charge in [0.1, 0.15) is 5.70 Å². The maximum Gasteiger partial charge on any atom is 0.270 e. The van der Waals surface area contributed by atoms with Crippen LogP contribution in [0.5, 0.6) is 0 Å². The Balaban J connectivity index is 1.60. The summed E-state index contributed by atoms with van der Waals surface area (Å²) in [5.41, 5.74) is 1.61. The number of aromatic nitrogens is 2. The molecule has 2 N–H and O–H groups in total. The molecular weight excluding hydrogens is 370 g/mol. The van der Waals surface area contributed by atoms with Crippen LogP contribution >= 0.6 is 0 Å². The Hall–Kier alpha value is -3.42. The first-order valence-electron chi connectivity index (χ1n) is 9.55. The third-order valence-electron chi connectivity index (χ3n) is 4.74. The molecule has 1 aliphatic heterocycles. The third kappa shape index (κ3) is 5.54. The number of nitrogens with zero attached hydrogens (tertiary/aromatic N) is 3.